The van der Waals surface area contributed by atoms with Crippen molar-refractivity contribution in [2.75, 3.05) is 6.54 Å². The van der Waals surface area contributed by atoms with Gasteiger partial charge >= 0.3 is 5.97 Å². The minimum Gasteiger partial charge on any atom is -0.456 e. The molecule has 4 amide bonds. The van der Waals surface area contributed by atoms with Crippen molar-refractivity contribution in [3.63, 3.8) is 0 Å². The number of hydrogen-bond donors (Lipinski definition) is 4. The highest BCUT2D eigenvalue weighted by molar-refractivity contribution is 5.99. The molecule has 41 heavy (non-hydrogen) atoms. The molecule has 1 heterocycles. The van der Waals surface area contributed by atoms with Crippen molar-refractivity contribution in [1.29, 1.82) is 0 Å². The van der Waals surface area contributed by atoms with Crippen LogP contribution in [0, 0.1) is 0 Å². The second kappa shape index (κ2) is 13.4. The highest BCUT2D eigenvalue weighted by Gasteiger charge is 2.58. The molecule has 0 bridgehead atoms. The van der Waals surface area contributed by atoms with Crippen molar-refractivity contribution in [3.05, 3.63) is 71.8 Å². The fourth-order valence-electron chi connectivity index (χ4n) is 4.65. The number of aliphatic hydroxyl groups is 1. The van der Waals surface area contributed by atoms with Gasteiger partial charge in [0.2, 0.25) is 17.7 Å². The molecule has 11 nitrogen and oxygen atoms in total. The fraction of sp³-hybridized carbons (Fsp3) is 0.433. The van der Waals surface area contributed by atoms with E-state index in [4.69, 9.17) is 10.5 Å². The molecule has 0 saturated carbocycles. The van der Waals surface area contributed by atoms with Crippen molar-refractivity contribution in [2.45, 2.75) is 76.3 Å². The number of likely N-dealkylation sites (tertiary alicyclic amines) is 1. The molecular weight excluding hydrogens is 528 g/mol. The highest BCUT2D eigenvalue weighted by Crippen LogP contribution is 2.31. The molecule has 0 aliphatic carbocycles. The Bertz CT molecular complexity index is 1250. The van der Waals surface area contributed by atoms with E-state index in [9.17, 15) is 29.1 Å². The molecule has 0 aromatic heterocycles. The number of benzene rings is 2. The molecule has 5 N–H and O–H groups in total. The van der Waals surface area contributed by atoms with Gasteiger partial charge in [0.25, 0.3) is 11.6 Å². The van der Waals surface area contributed by atoms with E-state index in [1.807, 2.05) is 30.3 Å². The van der Waals surface area contributed by atoms with E-state index in [1.165, 1.54) is 12.1 Å². The SMILES string of the molecule is CC(C)(C)OC(=O)[C@@]1(O)[C@@H](NC(=O)[C@H](CC(N)=O)NC(=O)c2ccccc2)CCN1C(=O)CCCc1ccccc1. The minimum absolute atomic E-state index is 0.0261. The van der Waals surface area contributed by atoms with Crippen LogP contribution < -0.4 is 16.4 Å². The van der Waals surface area contributed by atoms with Gasteiger partial charge in [0.15, 0.2) is 0 Å². The maximum atomic E-state index is 13.3. The number of carbonyl (C=O) groups excluding carboxylic acids is 5. The maximum Gasteiger partial charge on any atom is 0.362 e. The largest absolute Gasteiger partial charge is 0.456 e. The summed E-state index contributed by atoms with van der Waals surface area (Å²) in [7, 11) is 0. The van der Waals surface area contributed by atoms with Crippen molar-refractivity contribution in [1.82, 2.24) is 15.5 Å². The van der Waals surface area contributed by atoms with E-state index < -0.39 is 59.4 Å². The topological polar surface area (TPSA) is 168 Å². The summed E-state index contributed by atoms with van der Waals surface area (Å²) in [6, 6.07) is 15.0. The van der Waals surface area contributed by atoms with Gasteiger partial charge in [-0.05, 0) is 57.7 Å². The van der Waals surface area contributed by atoms with Gasteiger partial charge in [0.1, 0.15) is 11.6 Å². The average molecular weight is 567 g/mol. The third-order valence-electron chi connectivity index (χ3n) is 6.62. The van der Waals surface area contributed by atoms with Crippen LogP contribution in [-0.2, 0) is 30.3 Å². The Balaban J connectivity index is 1.79. The number of aryl methyl sites for hydroxylation is 1. The average Bonchev–Trinajstić information content (AvgIpc) is 3.25. The van der Waals surface area contributed by atoms with Crippen LogP contribution in [-0.4, -0.2) is 69.6 Å². The molecular formula is C30H38N4O7. The van der Waals surface area contributed by atoms with Crippen LogP contribution in [0.1, 0.15) is 62.4 Å². The summed E-state index contributed by atoms with van der Waals surface area (Å²) in [5, 5.41) is 16.8. The Kier molecular flexibility index (Phi) is 10.2. The monoisotopic (exact) mass is 566 g/mol. The molecule has 2 aromatic rings. The Labute approximate surface area is 239 Å². The smallest absolute Gasteiger partial charge is 0.362 e. The van der Waals surface area contributed by atoms with Crippen LogP contribution in [0.25, 0.3) is 0 Å². The van der Waals surface area contributed by atoms with Crippen molar-refractivity contribution >= 4 is 29.6 Å². The van der Waals surface area contributed by atoms with Crippen LogP contribution in [0.3, 0.4) is 0 Å². The van der Waals surface area contributed by atoms with E-state index in [-0.39, 0.29) is 24.9 Å². The normalized spacial score (nSPS) is 19.2. The molecule has 1 aliphatic heterocycles. The summed E-state index contributed by atoms with van der Waals surface area (Å²) in [4.78, 5) is 65.3. The zero-order valence-electron chi connectivity index (χ0n) is 23.6. The summed E-state index contributed by atoms with van der Waals surface area (Å²) in [5.74, 6) is -3.88. The first kappa shape index (κ1) is 31.3. The lowest BCUT2D eigenvalue weighted by molar-refractivity contribution is -0.200. The van der Waals surface area contributed by atoms with Crippen LogP contribution in [0.4, 0.5) is 0 Å². The van der Waals surface area contributed by atoms with Gasteiger partial charge in [-0.15, -0.1) is 0 Å². The molecule has 1 saturated heterocycles. The Morgan fingerprint density at radius 1 is 1.05 bits per heavy atom. The van der Waals surface area contributed by atoms with Crippen molar-refractivity contribution in [2.24, 2.45) is 5.73 Å². The second-order valence-corrected chi connectivity index (χ2v) is 11.0. The van der Waals surface area contributed by atoms with Gasteiger partial charge in [-0.3, -0.25) is 19.2 Å². The Morgan fingerprint density at radius 3 is 2.24 bits per heavy atom. The number of ether oxygens (including phenoxy) is 1. The van der Waals surface area contributed by atoms with Gasteiger partial charge in [-0.2, -0.15) is 0 Å². The number of rotatable bonds is 11. The summed E-state index contributed by atoms with van der Waals surface area (Å²) < 4.78 is 5.46. The molecule has 3 rings (SSSR count). The number of nitrogens with zero attached hydrogens (tertiary/aromatic N) is 1. The number of carbonyl (C=O) groups is 5. The van der Waals surface area contributed by atoms with Gasteiger partial charge < -0.3 is 31.1 Å². The zero-order chi connectivity index (χ0) is 30.2. The van der Waals surface area contributed by atoms with Gasteiger partial charge in [-0.1, -0.05) is 48.5 Å². The van der Waals surface area contributed by atoms with Gasteiger partial charge in [-0.25, -0.2) is 4.79 Å². The first-order chi connectivity index (χ1) is 19.3. The number of hydrogen-bond acceptors (Lipinski definition) is 7. The quantitative estimate of drug-likeness (QED) is 0.298. The number of esters is 1. The zero-order valence-corrected chi connectivity index (χ0v) is 23.6. The number of nitrogens with two attached hydrogens (primary N) is 1. The summed E-state index contributed by atoms with van der Waals surface area (Å²) >= 11 is 0. The van der Waals surface area contributed by atoms with E-state index in [0.29, 0.717) is 12.8 Å². The lowest BCUT2D eigenvalue weighted by atomic mass is 10.0. The molecule has 0 radical (unpaired) electrons. The van der Waals surface area contributed by atoms with Crippen molar-refractivity contribution in [3.8, 4) is 0 Å². The van der Waals surface area contributed by atoms with Crippen LogP contribution in [0.15, 0.2) is 60.7 Å². The summed E-state index contributed by atoms with van der Waals surface area (Å²) in [6.07, 6.45) is 0.665. The van der Waals surface area contributed by atoms with Gasteiger partial charge in [0.05, 0.1) is 12.5 Å². The van der Waals surface area contributed by atoms with Crippen LogP contribution >= 0.6 is 0 Å². The molecule has 0 spiro atoms. The van der Waals surface area contributed by atoms with E-state index in [0.717, 1.165) is 10.5 Å². The fourth-order valence-corrected chi connectivity index (χ4v) is 4.65. The predicted octanol–water partition coefficient (Wildman–Crippen LogP) is 1.43. The molecule has 1 fully saturated rings. The molecule has 1 aliphatic rings. The van der Waals surface area contributed by atoms with Crippen LogP contribution in [0.5, 0.6) is 0 Å². The predicted molar refractivity (Wildman–Crippen MR) is 150 cm³/mol. The summed E-state index contributed by atoms with van der Waals surface area (Å²) in [5.41, 5.74) is 3.13. The third-order valence-corrected chi connectivity index (χ3v) is 6.62. The molecule has 2 aromatic carbocycles. The molecule has 0 unspecified atom stereocenters. The Hall–Kier alpha value is -4.25. The lowest BCUT2D eigenvalue weighted by Gasteiger charge is -2.37. The van der Waals surface area contributed by atoms with Gasteiger partial charge in [0, 0.05) is 18.5 Å². The van der Waals surface area contributed by atoms with E-state index in [1.54, 1.807) is 39.0 Å². The highest BCUT2D eigenvalue weighted by atomic mass is 16.6. The van der Waals surface area contributed by atoms with Crippen LogP contribution in [0.2, 0.25) is 0 Å². The first-order valence-electron chi connectivity index (χ1n) is 13.6. The van der Waals surface area contributed by atoms with E-state index >= 15 is 0 Å². The molecule has 11 heteroatoms. The van der Waals surface area contributed by atoms with E-state index in [2.05, 4.69) is 10.6 Å². The Morgan fingerprint density at radius 2 is 1.66 bits per heavy atom. The van der Waals surface area contributed by atoms with Crippen molar-refractivity contribution < 1.29 is 33.8 Å². The molecule has 220 valence electrons. The third kappa shape index (κ3) is 8.37. The number of amides is 4. The standard InChI is InChI=1S/C30H38N4O7/c1-29(2,3)41-28(39)30(40)23(17-18-34(30)25(36)16-10-13-20-11-6-4-7-12-20)33-27(38)22(19-24(31)35)32-26(37)21-14-8-5-9-15-21/h4-9,11-12,14-15,22-23,40H,10,13,16-19H2,1-3H3,(H2,31,35)(H,32,37)(H,33,38)/t22-,23-,30-/m0/s1. The maximum absolute atomic E-state index is 13.3. The number of primary amides is 1. The minimum atomic E-state index is -2.51. The second-order valence-electron chi connectivity index (χ2n) is 11.0. The number of nitrogens with one attached hydrogen (secondary N) is 2. The first-order valence-corrected chi connectivity index (χ1v) is 13.6. The lowest BCUT2D eigenvalue weighted by Crippen LogP contribution is -2.65. The summed E-state index contributed by atoms with van der Waals surface area (Å²) in [6.45, 7) is 4.82. The molecule has 3 atom stereocenters.